The molecule has 0 spiro atoms. The topological polar surface area (TPSA) is 21.3 Å². The largest absolute Gasteiger partial charge is 0.573 e. The zero-order valence-electron chi connectivity index (χ0n) is 9.69. The first-order chi connectivity index (χ1) is 7.75. The van der Waals surface area contributed by atoms with Crippen molar-refractivity contribution in [3.8, 4) is 5.75 Å². The van der Waals surface area contributed by atoms with E-state index in [1.165, 1.54) is 12.1 Å². The Morgan fingerprint density at radius 3 is 2.65 bits per heavy atom. The number of hydrogen-bond acceptors (Lipinski definition) is 2. The number of nitrogens with one attached hydrogen (secondary N) is 1. The quantitative estimate of drug-likeness (QED) is 0.814. The number of fused-ring (bicyclic) bond motifs is 1. The lowest BCUT2D eigenvalue weighted by Crippen LogP contribution is -2.35. The zero-order chi connectivity index (χ0) is 12.7. The number of benzene rings is 1. The zero-order valence-corrected chi connectivity index (χ0v) is 9.69. The van der Waals surface area contributed by atoms with Gasteiger partial charge in [0.2, 0.25) is 0 Å². The van der Waals surface area contributed by atoms with E-state index in [9.17, 15) is 13.2 Å². The molecule has 0 atom stereocenters. The molecular formula is C12H14F3NO. The summed E-state index contributed by atoms with van der Waals surface area (Å²) >= 11 is 0. The van der Waals surface area contributed by atoms with Gasteiger partial charge in [0.25, 0.3) is 0 Å². The lowest BCUT2D eigenvalue weighted by molar-refractivity contribution is -0.274. The lowest BCUT2D eigenvalue weighted by atomic mass is 9.89. The molecular weight excluding hydrogens is 231 g/mol. The first kappa shape index (κ1) is 12.1. The average Bonchev–Trinajstić information content (AvgIpc) is 2.15. The first-order valence-corrected chi connectivity index (χ1v) is 5.42. The standard InChI is InChI=1S/C12H14F3NO/c1-11(2)6-5-8-7-9(17-12(13,14)15)3-4-10(8)16-11/h3-4,7,16H,5-6H2,1-2H3. The van der Waals surface area contributed by atoms with Gasteiger partial charge in [0.05, 0.1) is 0 Å². The third-order valence-corrected chi connectivity index (χ3v) is 2.80. The molecule has 0 fully saturated rings. The molecule has 0 unspecified atom stereocenters. The van der Waals surface area contributed by atoms with Gasteiger partial charge < -0.3 is 10.1 Å². The Morgan fingerprint density at radius 1 is 1.29 bits per heavy atom. The van der Waals surface area contributed by atoms with Gasteiger partial charge in [0.1, 0.15) is 5.75 Å². The van der Waals surface area contributed by atoms with Crippen LogP contribution in [-0.2, 0) is 6.42 Å². The van der Waals surface area contributed by atoms with E-state index in [0.717, 1.165) is 24.1 Å². The van der Waals surface area contributed by atoms with Crippen molar-refractivity contribution in [2.45, 2.75) is 38.6 Å². The van der Waals surface area contributed by atoms with Crippen LogP contribution < -0.4 is 10.1 Å². The molecule has 1 aromatic rings. The van der Waals surface area contributed by atoms with Crippen LogP contribution in [0, 0.1) is 0 Å². The second-order valence-electron chi connectivity index (χ2n) is 4.88. The normalized spacial score (nSPS) is 18.2. The molecule has 0 bridgehead atoms. The second kappa shape index (κ2) is 3.82. The summed E-state index contributed by atoms with van der Waals surface area (Å²) in [6.45, 7) is 4.13. The third-order valence-electron chi connectivity index (χ3n) is 2.80. The van der Waals surface area contributed by atoms with Crippen LogP contribution in [0.4, 0.5) is 18.9 Å². The number of ether oxygens (including phenoxy) is 1. The van der Waals surface area contributed by atoms with Gasteiger partial charge in [-0.2, -0.15) is 0 Å². The van der Waals surface area contributed by atoms with Crippen LogP contribution in [0.5, 0.6) is 5.75 Å². The SMILES string of the molecule is CC1(C)CCc2cc(OC(F)(F)F)ccc2N1. The van der Waals surface area contributed by atoms with E-state index in [2.05, 4.69) is 23.9 Å². The number of anilines is 1. The highest BCUT2D eigenvalue weighted by Gasteiger charge is 2.32. The Kier molecular flexibility index (Phi) is 2.72. The van der Waals surface area contributed by atoms with Crippen LogP contribution in [-0.4, -0.2) is 11.9 Å². The molecule has 1 heterocycles. The van der Waals surface area contributed by atoms with Gasteiger partial charge in [-0.15, -0.1) is 13.2 Å². The van der Waals surface area contributed by atoms with E-state index in [1.807, 2.05) is 0 Å². The van der Waals surface area contributed by atoms with Gasteiger partial charge in [-0.3, -0.25) is 0 Å². The van der Waals surface area contributed by atoms with Crippen LogP contribution in [0.1, 0.15) is 25.8 Å². The van der Waals surface area contributed by atoms with E-state index in [4.69, 9.17) is 0 Å². The summed E-state index contributed by atoms with van der Waals surface area (Å²) in [5, 5.41) is 3.29. The molecule has 0 saturated carbocycles. The molecule has 1 aromatic carbocycles. The van der Waals surface area contributed by atoms with Crippen molar-refractivity contribution in [1.29, 1.82) is 0 Å². The number of rotatable bonds is 1. The minimum atomic E-state index is -4.63. The van der Waals surface area contributed by atoms with Gasteiger partial charge in [-0.1, -0.05) is 0 Å². The fourth-order valence-corrected chi connectivity index (χ4v) is 1.97. The second-order valence-corrected chi connectivity index (χ2v) is 4.88. The van der Waals surface area contributed by atoms with Crippen molar-refractivity contribution < 1.29 is 17.9 Å². The van der Waals surface area contributed by atoms with Crippen LogP contribution in [0.2, 0.25) is 0 Å². The Morgan fingerprint density at radius 2 is 2.00 bits per heavy atom. The van der Waals surface area contributed by atoms with Gasteiger partial charge in [0.15, 0.2) is 0 Å². The smallest absolute Gasteiger partial charge is 0.406 e. The fraction of sp³-hybridized carbons (Fsp3) is 0.500. The highest BCUT2D eigenvalue weighted by Crippen LogP contribution is 2.34. The molecule has 1 aliphatic heterocycles. The van der Waals surface area contributed by atoms with Crippen molar-refractivity contribution in [2.24, 2.45) is 0 Å². The maximum absolute atomic E-state index is 12.1. The third kappa shape index (κ3) is 3.05. The summed E-state index contributed by atoms with van der Waals surface area (Å²) in [4.78, 5) is 0. The summed E-state index contributed by atoms with van der Waals surface area (Å²) in [6, 6.07) is 4.42. The van der Waals surface area contributed by atoms with E-state index < -0.39 is 6.36 Å². The van der Waals surface area contributed by atoms with E-state index >= 15 is 0 Å². The molecule has 0 aliphatic carbocycles. The number of halogens is 3. The molecule has 94 valence electrons. The van der Waals surface area contributed by atoms with Gasteiger partial charge in [-0.25, -0.2) is 0 Å². The van der Waals surface area contributed by atoms with Crippen molar-refractivity contribution in [1.82, 2.24) is 0 Å². The van der Waals surface area contributed by atoms with Crippen molar-refractivity contribution >= 4 is 5.69 Å². The minimum Gasteiger partial charge on any atom is -0.406 e. The number of alkyl halides is 3. The first-order valence-electron chi connectivity index (χ1n) is 5.42. The molecule has 2 rings (SSSR count). The highest BCUT2D eigenvalue weighted by atomic mass is 19.4. The van der Waals surface area contributed by atoms with Crippen molar-refractivity contribution in [3.63, 3.8) is 0 Å². The molecule has 17 heavy (non-hydrogen) atoms. The monoisotopic (exact) mass is 245 g/mol. The summed E-state index contributed by atoms with van der Waals surface area (Å²) in [7, 11) is 0. The van der Waals surface area contributed by atoms with Crippen LogP contribution in [0.3, 0.4) is 0 Å². The summed E-state index contributed by atoms with van der Waals surface area (Å²) in [5.74, 6) is -0.155. The molecule has 0 saturated heterocycles. The molecule has 0 amide bonds. The summed E-state index contributed by atoms with van der Waals surface area (Å²) in [5.41, 5.74) is 1.74. The van der Waals surface area contributed by atoms with E-state index in [1.54, 1.807) is 6.07 Å². The maximum Gasteiger partial charge on any atom is 0.573 e. The van der Waals surface area contributed by atoms with Gasteiger partial charge in [0, 0.05) is 11.2 Å². The molecule has 1 aliphatic rings. The van der Waals surface area contributed by atoms with Gasteiger partial charge in [-0.05, 0) is 50.5 Å². The maximum atomic E-state index is 12.1. The molecule has 0 radical (unpaired) electrons. The summed E-state index contributed by atoms with van der Waals surface area (Å²) < 4.78 is 40.1. The van der Waals surface area contributed by atoms with Crippen LogP contribution in [0.25, 0.3) is 0 Å². The van der Waals surface area contributed by atoms with Crippen LogP contribution in [0.15, 0.2) is 18.2 Å². The Balaban J connectivity index is 2.22. The Bertz CT molecular complexity index is 426. The predicted octanol–water partition coefficient (Wildman–Crippen LogP) is 3.72. The average molecular weight is 245 g/mol. The Labute approximate surface area is 97.8 Å². The van der Waals surface area contributed by atoms with E-state index in [0.29, 0.717) is 0 Å². The predicted molar refractivity (Wildman–Crippen MR) is 59.1 cm³/mol. The van der Waals surface area contributed by atoms with Crippen LogP contribution >= 0.6 is 0 Å². The molecule has 1 N–H and O–H groups in total. The molecule has 0 aromatic heterocycles. The van der Waals surface area contributed by atoms with Crippen molar-refractivity contribution in [2.75, 3.05) is 5.32 Å². The molecule has 5 heteroatoms. The number of aryl methyl sites for hydroxylation is 1. The minimum absolute atomic E-state index is 0.0145. The highest BCUT2D eigenvalue weighted by molar-refractivity contribution is 5.57. The summed E-state index contributed by atoms with van der Waals surface area (Å²) in [6.07, 6.45) is -2.99. The number of hydrogen-bond donors (Lipinski definition) is 1. The van der Waals surface area contributed by atoms with Gasteiger partial charge >= 0.3 is 6.36 Å². The van der Waals surface area contributed by atoms with Crippen molar-refractivity contribution in [3.05, 3.63) is 23.8 Å². The lowest BCUT2D eigenvalue weighted by Gasteiger charge is -2.33. The molecule has 2 nitrogen and oxygen atoms in total. The van der Waals surface area contributed by atoms with E-state index in [-0.39, 0.29) is 11.3 Å². The fourth-order valence-electron chi connectivity index (χ4n) is 1.97. The Hall–Kier alpha value is -1.39.